The highest BCUT2D eigenvalue weighted by molar-refractivity contribution is 7.12. The molecule has 0 amide bonds. The fourth-order valence-electron chi connectivity index (χ4n) is 1.57. The third-order valence-corrected chi connectivity index (χ3v) is 3.39. The molecule has 0 aliphatic heterocycles. The molecule has 4 heteroatoms. The van der Waals surface area contributed by atoms with E-state index in [0.717, 1.165) is 10.4 Å². The fraction of sp³-hybridized carbons (Fsp3) is 0.143. The molecule has 0 N–H and O–H groups in total. The maximum atomic E-state index is 11.8. The molecular formula is C14H13NO2S. The van der Waals surface area contributed by atoms with Crippen molar-refractivity contribution in [3.63, 3.8) is 0 Å². The lowest BCUT2D eigenvalue weighted by Gasteiger charge is -2.04. The number of thiophene rings is 1. The van der Waals surface area contributed by atoms with Gasteiger partial charge in [0.25, 0.3) is 0 Å². The normalized spacial score (nSPS) is 11.3. The predicted molar refractivity (Wildman–Crippen MR) is 73.2 cm³/mol. The number of aryl methyl sites for hydroxylation is 1. The number of aromatic nitrogens is 1. The lowest BCUT2D eigenvalue weighted by molar-refractivity contribution is -0.133. The van der Waals surface area contributed by atoms with Crippen LogP contribution in [0.2, 0.25) is 0 Å². The second-order valence-electron chi connectivity index (χ2n) is 3.73. The molecule has 2 heterocycles. The molecule has 0 atom stereocenters. The topological polar surface area (TPSA) is 39.2 Å². The first-order valence-electron chi connectivity index (χ1n) is 5.47. The standard InChI is InChI=1S/C14H13NO2S/c1-10-3-4-12(18-10)9-13(14(16)17-2)11-5-7-15-8-6-11/h3-9H,1-2H3. The van der Waals surface area contributed by atoms with Crippen molar-refractivity contribution in [1.29, 1.82) is 0 Å². The summed E-state index contributed by atoms with van der Waals surface area (Å²) in [7, 11) is 1.39. The van der Waals surface area contributed by atoms with Gasteiger partial charge in [0, 0.05) is 22.1 Å². The van der Waals surface area contributed by atoms with E-state index in [1.165, 1.54) is 12.0 Å². The molecule has 0 aliphatic rings. The Balaban J connectivity index is 2.43. The summed E-state index contributed by atoms with van der Waals surface area (Å²) in [6, 6.07) is 7.61. The number of pyridine rings is 1. The number of hydrogen-bond donors (Lipinski definition) is 0. The van der Waals surface area contributed by atoms with Gasteiger partial charge in [0.1, 0.15) is 0 Å². The average Bonchev–Trinajstić information content (AvgIpc) is 2.82. The quantitative estimate of drug-likeness (QED) is 0.628. The summed E-state index contributed by atoms with van der Waals surface area (Å²) in [5.41, 5.74) is 1.35. The fourth-order valence-corrected chi connectivity index (χ4v) is 2.40. The Hall–Kier alpha value is -1.94. The summed E-state index contributed by atoms with van der Waals surface area (Å²) in [5.74, 6) is -0.341. The first-order valence-corrected chi connectivity index (χ1v) is 6.29. The van der Waals surface area contributed by atoms with Crippen molar-refractivity contribution in [2.75, 3.05) is 7.11 Å². The maximum absolute atomic E-state index is 11.8. The zero-order valence-corrected chi connectivity index (χ0v) is 11.0. The number of ether oxygens (including phenoxy) is 1. The van der Waals surface area contributed by atoms with Gasteiger partial charge in [-0.1, -0.05) is 0 Å². The molecule has 0 aliphatic carbocycles. The van der Waals surface area contributed by atoms with Gasteiger partial charge in [0.05, 0.1) is 12.7 Å². The van der Waals surface area contributed by atoms with Crippen LogP contribution < -0.4 is 0 Å². The van der Waals surface area contributed by atoms with Crippen LogP contribution in [0.25, 0.3) is 11.6 Å². The molecule has 0 saturated carbocycles. The van der Waals surface area contributed by atoms with Crippen LogP contribution in [0.5, 0.6) is 0 Å². The zero-order chi connectivity index (χ0) is 13.0. The summed E-state index contributed by atoms with van der Waals surface area (Å²) < 4.78 is 4.82. The van der Waals surface area contributed by atoms with Crippen LogP contribution in [0.15, 0.2) is 36.7 Å². The second-order valence-corrected chi connectivity index (χ2v) is 5.05. The minimum Gasteiger partial charge on any atom is -0.465 e. The van der Waals surface area contributed by atoms with E-state index in [4.69, 9.17) is 4.74 Å². The summed E-state index contributed by atoms with van der Waals surface area (Å²) in [4.78, 5) is 18.0. The van der Waals surface area contributed by atoms with Gasteiger partial charge in [-0.3, -0.25) is 4.98 Å². The van der Waals surface area contributed by atoms with Crippen LogP contribution >= 0.6 is 11.3 Å². The molecule has 2 aromatic rings. The molecular weight excluding hydrogens is 246 g/mol. The Morgan fingerprint density at radius 1 is 1.28 bits per heavy atom. The molecule has 18 heavy (non-hydrogen) atoms. The first-order chi connectivity index (χ1) is 8.70. The smallest absolute Gasteiger partial charge is 0.338 e. The Morgan fingerprint density at radius 3 is 2.56 bits per heavy atom. The number of methoxy groups -OCH3 is 1. The van der Waals surface area contributed by atoms with E-state index in [0.29, 0.717) is 5.57 Å². The van der Waals surface area contributed by atoms with Crippen molar-refractivity contribution >= 4 is 29.0 Å². The molecule has 2 rings (SSSR count). The van der Waals surface area contributed by atoms with Crippen molar-refractivity contribution in [2.24, 2.45) is 0 Å². The predicted octanol–water partition coefficient (Wildman–Crippen LogP) is 3.17. The molecule has 92 valence electrons. The number of carbonyl (C=O) groups is 1. The highest BCUT2D eigenvalue weighted by Gasteiger charge is 2.12. The minimum absolute atomic E-state index is 0.341. The molecule has 0 fully saturated rings. The average molecular weight is 259 g/mol. The van der Waals surface area contributed by atoms with E-state index >= 15 is 0 Å². The van der Waals surface area contributed by atoms with E-state index in [9.17, 15) is 4.79 Å². The SMILES string of the molecule is COC(=O)C(=Cc1ccc(C)s1)c1ccncc1. The van der Waals surface area contributed by atoms with Crippen molar-refractivity contribution in [1.82, 2.24) is 4.98 Å². The van der Waals surface area contributed by atoms with E-state index in [-0.39, 0.29) is 5.97 Å². The lowest BCUT2D eigenvalue weighted by Crippen LogP contribution is -2.03. The molecule has 2 aromatic heterocycles. The van der Waals surface area contributed by atoms with Gasteiger partial charge in [0.2, 0.25) is 0 Å². The summed E-state index contributed by atoms with van der Waals surface area (Å²) in [6.07, 6.45) is 5.16. The molecule has 0 saturated heterocycles. The van der Waals surface area contributed by atoms with Crippen LogP contribution in [-0.2, 0) is 9.53 Å². The largest absolute Gasteiger partial charge is 0.465 e. The minimum atomic E-state index is -0.341. The Labute approximate surface area is 110 Å². The maximum Gasteiger partial charge on any atom is 0.338 e. The molecule has 3 nitrogen and oxygen atoms in total. The molecule has 0 unspecified atom stereocenters. The van der Waals surface area contributed by atoms with Crippen LogP contribution in [0, 0.1) is 6.92 Å². The highest BCUT2D eigenvalue weighted by Crippen LogP contribution is 2.23. The second kappa shape index (κ2) is 5.60. The highest BCUT2D eigenvalue weighted by atomic mass is 32.1. The number of carbonyl (C=O) groups excluding carboxylic acids is 1. The number of esters is 1. The van der Waals surface area contributed by atoms with Crippen molar-refractivity contribution in [3.8, 4) is 0 Å². The van der Waals surface area contributed by atoms with Crippen molar-refractivity contribution in [2.45, 2.75) is 6.92 Å². The number of hydrogen-bond acceptors (Lipinski definition) is 4. The van der Waals surface area contributed by atoms with Crippen molar-refractivity contribution < 1.29 is 9.53 Å². The number of nitrogens with zero attached hydrogens (tertiary/aromatic N) is 1. The van der Waals surface area contributed by atoms with Gasteiger partial charge in [-0.25, -0.2) is 4.79 Å². The third-order valence-electron chi connectivity index (χ3n) is 2.44. The van der Waals surface area contributed by atoms with Gasteiger partial charge < -0.3 is 4.74 Å². The van der Waals surface area contributed by atoms with Gasteiger partial charge >= 0.3 is 5.97 Å². The summed E-state index contributed by atoms with van der Waals surface area (Å²) in [5, 5.41) is 0. The third kappa shape index (κ3) is 2.84. The first kappa shape index (κ1) is 12.5. The summed E-state index contributed by atoms with van der Waals surface area (Å²) >= 11 is 1.64. The van der Waals surface area contributed by atoms with E-state index < -0.39 is 0 Å². The van der Waals surface area contributed by atoms with Gasteiger partial charge in [0.15, 0.2) is 0 Å². The monoisotopic (exact) mass is 259 g/mol. The van der Waals surface area contributed by atoms with Crippen LogP contribution in [0.4, 0.5) is 0 Å². The van der Waals surface area contributed by atoms with E-state index in [2.05, 4.69) is 4.98 Å². The summed E-state index contributed by atoms with van der Waals surface area (Å²) in [6.45, 7) is 2.03. The molecule has 0 aromatic carbocycles. The van der Waals surface area contributed by atoms with E-state index in [1.807, 2.05) is 25.1 Å². The van der Waals surface area contributed by atoms with Crippen molar-refractivity contribution in [3.05, 3.63) is 52.0 Å². The Bertz CT molecular complexity index is 572. The Morgan fingerprint density at radius 2 is 2.00 bits per heavy atom. The van der Waals surface area contributed by atoms with Crippen LogP contribution in [0.3, 0.4) is 0 Å². The molecule has 0 radical (unpaired) electrons. The molecule has 0 bridgehead atoms. The van der Waals surface area contributed by atoms with Gasteiger partial charge in [-0.05, 0) is 42.8 Å². The zero-order valence-electron chi connectivity index (χ0n) is 10.2. The van der Waals surface area contributed by atoms with Gasteiger partial charge in [-0.2, -0.15) is 0 Å². The van der Waals surface area contributed by atoms with Crippen LogP contribution in [-0.4, -0.2) is 18.1 Å². The lowest BCUT2D eigenvalue weighted by atomic mass is 10.1. The number of rotatable bonds is 3. The Kier molecular flexibility index (Phi) is 3.89. The van der Waals surface area contributed by atoms with Crippen LogP contribution in [0.1, 0.15) is 15.3 Å². The van der Waals surface area contributed by atoms with E-state index in [1.54, 1.807) is 35.9 Å². The van der Waals surface area contributed by atoms with Gasteiger partial charge in [-0.15, -0.1) is 11.3 Å². The molecule has 0 spiro atoms.